The number of rotatable bonds is 5. The summed E-state index contributed by atoms with van der Waals surface area (Å²) in [5.41, 5.74) is 2.61. The number of benzene rings is 1. The number of hydrogen-bond acceptors (Lipinski definition) is 4. The molecule has 2 aliphatic heterocycles. The molecule has 3 rings (SSSR count). The Morgan fingerprint density at radius 1 is 1.17 bits per heavy atom. The fourth-order valence-corrected chi connectivity index (χ4v) is 4.03. The molecule has 2 saturated heterocycles. The number of nitrogens with one attached hydrogen (secondary N) is 1. The van der Waals surface area contributed by atoms with E-state index in [-0.39, 0.29) is 0 Å². The highest BCUT2D eigenvalue weighted by molar-refractivity contribution is 5.46. The molecule has 0 amide bonds. The van der Waals surface area contributed by atoms with Gasteiger partial charge in [-0.25, -0.2) is 0 Å². The maximum Gasteiger partial charge on any atom is 0.0678 e. The van der Waals surface area contributed by atoms with Gasteiger partial charge in [-0.2, -0.15) is 0 Å². The minimum absolute atomic E-state index is 0.323. The van der Waals surface area contributed by atoms with Gasteiger partial charge in [0.25, 0.3) is 0 Å². The van der Waals surface area contributed by atoms with Gasteiger partial charge in [0.2, 0.25) is 0 Å². The van der Waals surface area contributed by atoms with Crippen LogP contribution in [0.4, 0.5) is 5.69 Å². The summed E-state index contributed by atoms with van der Waals surface area (Å²) in [7, 11) is 0. The number of ether oxygens (including phenoxy) is 2. The van der Waals surface area contributed by atoms with Crippen LogP contribution in [0.2, 0.25) is 0 Å². The van der Waals surface area contributed by atoms with Crippen molar-refractivity contribution in [3.8, 4) is 0 Å². The summed E-state index contributed by atoms with van der Waals surface area (Å²) in [5.74, 6) is 0.711. The number of hydrogen-bond donors (Lipinski definition) is 1. The van der Waals surface area contributed by atoms with E-state index in [0.717, 1.165) is 45.7 Å². The van der Waals surface area contributed by atoms with Crippen LogP contribution in [0.1, 0.15) is 39.2 Å². The summed E-state index contributed by atoms with van der Waals surface area (Å²) in [5, 5.41) is 3.71. The molecule has 2 heterocycles. The lowest BCUT2D eigenvalue weighted by Crippen LogP contribution is -2.44. The van der Waals surface area contributed by atoms with Gasteiger partial charge in [-0.1, -0.05) is 12.1 Å². The molecule has 0 bridgehead atoms. The van der Waals surface area contributed by atoms with Crippen LogP contribution >= 0.6 is 0 Å². The Morgan fingerprint density at radius 2 is 1.88 bits per heavy atom. The topological polar surface area (TPSA) is 33.7 Å². The normalized spacial score (nSPS) is 27.8. The third-order valence-corrected chi connectivity index (χ3v) is 5.20. The van der Waals surface area contributed by atoms with E-state index in [2.05, 4.69) is 55.3 Å². The molecule has 4 nitrogen and oxygen atoms in total. The first-order valence-corrected chi connectivity index (χ1v) is 9.41. The average Bonchev–Trinajstić information content (AvgIpc) is 2.55. The van der Waals surface area contributed by atoms with Gasteiger partial charge in [0.1, 0.15) is 0 Å². The summed E-state index contributed by atoms with van der Waals surface area (Å²) in [6, 6.07) is 9.38. The van der Waals surface area contributed by atoms with E-state index in [0.29, 0.717) is 24.2 Å². The van der Waals surface area contributed by atoms with Crippen molar-refractivity contribution in [1.29, 1.82) is 0 Å². The van der Waals surface area contributed by atoms with Crippen LogP contribution in [0.15, 0.2) is 24.3 Å². The number of anilines is 1. The zero-order valence-electron chi connectivity index (χ0n) is 15.3. The lowest BCUT2D eigenvalue weighted by atomic mass is 9.93. The molecule has 1 N–H and O–H groups in total. The molecule has 2 fully saturated rings. The largest absolute Gasteiger partial charge is 0.382 e. The van der Waals surface area contributed by atoms with Gasteiger partial charge < -0.3 is 14.8 Å². The molecule has 0 radical (unpaired) electrons. The maximum absolute atomic E-state index is 5.83. The predicted octanol–water partition coefficient (Wildman–Crippen LogP) is 3.52. The lowest BCUT2D eigenvalue weighted by Gasteiger charge is -2.35. The number of morpholine rings is 1. The quantitative estimate of drug-likeness (QED) is 0.894. The lowest BCUT2D eigenvalue weighted by molar-refractivity contribution is -0.0704. The molecular weight excluding hydrogens is 300 g/mol. The summed E-state index contributed by atoms with van der Waals surface area (Å²) < 4.78 is 11.3. The van der Waals surface area contributed by atoms with E-state index in [9.17, 15) is 0 Å². The molecule has 0 saturated carbocycles. The molecule has 0 spiro atoms. The molecule has 2 aliphatic rings. The Kier molecular flexibility index (Phi) is 6.14. The molecular formula is C20H32N2O2. The highest BCUT2D eigenvalue weighted by Gasteiger charge is 2.23. The van der Waals surface area contributed by atoms with Crippen LogP contribution in [0.25, 0.3) is 0 Å². The smallest absolute Gasteiger partial charge is 0.0678 e. The summed E-state index contributed by atoms with van der Waals surface area (Å²) in [4.78, 5) is 2.50. The van der Waals surface area contributed by atoms with Crippen molar-refractivity contribution >= 4 is 5.69 Å². The van der Waals surface area contributed by atoms with Crippen molar-refractivity contribution in [2.75, 3.05) is 31.6 Å². The standard InChI is InChI=1S/C20H32N2O2/c1-15-12-22(13-16(2)24-15)14-18-5-4-6-20(11-18)21-17(3)19-7-9-23-10-8-19/h4-6,11,15-17,19,21H,7-10,12-14H2,1-3H3/t15-,16+,17-/m0/s1. The minimum atomic E-state index is 0.323. The van der Waals surface area contributed by atoms with Crippen molar-refractivity contribution in [2.45, 2.75) is 58.4 Å². The van der Waals surface area contributed by atoms with Gasteiger partial charge in [0, 0.05) is 44.6 Å². The highest BCUT2D eigenvalue weighted by atomic mass is 16.5. The van der Waals surface area contributed by atoms with E-state index in [1.165, 1.54) is 11.3 Å². The van der Waals surface area contributed by atoms with Crippen molar-refractivity contribution in [2.24, 2.45) is 5.92 Å². The van der Waals surface area contributed by atoms with Crippen molar-refractivity contribution in [1.82, 2.24) is 4.90 Å². The molecule has 4 heteroatoms. The molecule has 134 valence electrons. The molecule has 1 aromatic rings. The summed E-state index contributed by atoms with van der Waals surface area (Å²) in [6.45, 7) is 11.5. The van der Waals surface area contributed by atoms with Gasteiger partial charge in [0.05, 0.1) is 12.2 Å². The SMILES string of the molecule is C[C@@H]1CN(Cc2cccc(N[C@@H](C)C3CCOCC3)c2)C[C@H](C)O1. The fraction of sp³-hybridized carbons (Fsp3) is 0.700. The van der Waals surface area contributed by atoms with Gasteiger partial charge in [-0.3, -0.25) is 4.90 Å². The zero-order chi connectivity index (χ0) is 16.9. The van der Waals surface area contributed by atoms with Crippen LogP contribution in [0.5, 0.6) is 0 Å². The van der Waals surface area contributed by atoms with Crippen molar-refractivity contribution in [3.63, 3.8) is 0 Å². The highest BCUT2D eigenvalue weighted by Crippen LogP contribution is 2.23. The maximum atomic E-state index is 5.83. The molecule has 0 unspecified atom stereocenters. The fourth-order valence-electron chi connectivity index (χ4n) is 4.03. The van der Waals surface area contributed by atoms with E-state index < -0.39 is 0 Å². The van der Waals surface area contributed by atoms with Crippen LogP contribution in [0.3, 0.4) is 0 Å². The molecule has 0 aromatic heterocycles. The Bertz CT molecular complexity index is 506. The first-order chi connectivity index (χ1) is 11.6. The third-order valence-electron chi connectivity index (χ3n) is 5.20. The van der Waals surface area contributed by atoms with Crippen molar-refractivity contribution in [3.05, 3.63) is 29.8 Å². The average molecular weight is 332 g/mol. The molecule has 1 aromatic carbocycles. The predicted molar refractivity (Wildman–Crippen MR) is 98.4 cm³/mol. The first-order valence-electron chi connectivity index (χ1n) is 9.41. The first kappa shape index (κ1) is 17.7. The second kappa shape index (κ2) is 8.32. The van der Waals surface area contributed by atoms with E-state index in [1.807, 2.05) is 0 Å². The Hall–Kier alpha value is -1.10. The van der Waals surface area contributed by atoms with E-state index >= 15 is 0 Å². The number of nitrogens with zero attached hydrogens (tertiary/aromatic N) is 1. The van der Waals surface area contributed by atoms with Gasteiger partial charge in [-0.15, -0.1) is 0 Å². The van der Waals surface area contributed by atoms with E-state index in [1.54, 1.807) is 0 Å². The molecule has 24 heavy (non-hydrogen) atoms. The monoisotopic (exact) mass is 332 g/mol. The Balaban J connectivity index is 1.57. The van der Waals surface area contributed by atoms with Gasteiger partial charge in [-0.05, 0) is 57.2 Å². The van der Waals surface area contributed by atoms with Crippen LogP contribution in [-0.4, -0.2) is 49.5 Å². The second-order valence-corrected chi connectivity index (χ2v) is 7.53. The van der Waals surface area contributed by atoms with Crippen LogP contribution < -0.4 is 5.32 Å². The second-order valence-electron chi connectivity index (χ2n) is 7.53. The molecule has 3 atom stereocenters. The third kappa shape index (κ3) is 4.95. The zero-order valence-corrected chi connectivity index (χ0v) is 15.3. The molecule has 0 aliphatic carbocycles. The van der Waals surface area contributed by atoms with E-state index in [4.69, 9.17) is 9.47 Å². The van der Waals surface area contributed by atoms with Crippen LogP contribution in [-0.2, 0) is 16.0 Å². The Morgan fingerprint density at radius 3 is 2.58 bits per heavy atom. The Labute approximate surface area is 146 Å². The van der Waals surface area contributed by atoms with Gasteiger partial charge in [0.15, 0.2) is 0 Å². The summed E-state index contributed by atoms with van der Waals surface area (Å²) >= 11 is 0. The van der Waals surface area contributed by atoms with Crippen LogP contribution in [0, 0.1) is 5.92 Å². The van der Waals surface area contributed by atoms with Crippen molar-refractivity contribution < 1.29 is 9.47 Å². The van der Waals surface area contributed by atoms with Gasteiger partial charge >= 0.3 is 0 Å². The summed E-state index contributed by atoms with van der Waals surface area (Å²) in [6.07, 6.45) is 2.97. The minimum Gasteiger partial charge on any atom is -0.382 e.